The molecular formula is C12H24N4O4S. The van der Waals surface area contributed by atoms with Gasteiger partial charge in [-0.3, -0.25) is 9.59 Å². The molecule has 21 heavy (non-hydrogen) atoms. The molecule has 8 nitrogen and oxygen atoms in total. The molecule has 1 aliphatic rings. The van der Waals surface area contributed by atoms with E-state index in [0.717, 1.165) is 4.31 Å². The lowest BCUT2D eigenvalue weighted by Gasteiger charge is -2.36. The summed E-state index contributed by atoms with van der Waals surface area (Å²) >= 11 is 0. The summed E-state index contributed by atoms with van der Waals surface area (Å²) < 4.78 is 26.4. The van der Waals surface area contributed by atoms with Gasteiger partial charge in [-0.05, 0) is 12.3 Å². The number of nitrogens with zero attached hydrogens (tertiary/aromatic N) is 2. The van der Waals surface area contributed by atoms with Gasteiger partial charge in [0.15, 0.2) is 0 Å². The molecule has 0 spiro atoms. The highest BCUT2D eigenvalue weighted by molar-refractivity contribution is 7.87. The fraction of sp³-hybridized carbons (Fsp3) is 0.833. The van der Waals surface area contributed by atoms with Gasteiger partial charge in [0.05, 0.1) is 6.54 Å². The van der Waals surface area contributed by atoms with Crippen molar-refractivity contribution >= 4 is 22.0 Å². The van der Waals surface area contributed by atoms with Gasteiger partial charge in [0.25, 0.3) is 10.2 Å². The highest BCUT2D eigenvalue weighted by Crippen LogP contribution is 2.14. The van der Waals surface area contributed by atoms with Crippen LogP contribution in [0.1, 0.15) is 20.3 Å². The third kappa shape index (κ3) is 4.94. The van der Waals surface area contributed by atoms with Crippen molar-refractivity contribution in [1.82, 2.24) is 19.2 Å². The lowest BCUT2D eigenvalue weighted by atomic mass is 10.00. The van der Waals surface area contributed by atoms with Gasteiger partial charge in [0, 0.05) is 27.2 Å². The van der Waals surface area contributed by atoms with Crippen LogP contribution in [-0.4, -0.2) is 69.2 Å². The molecule has 1 atom stereocenters. The van der Waals surface area contributed by atoms with Crippen LogP contribution in [0.15, 0.2) is 0 Å². The Hall–Kier alpha value is -1.19. The monoisotopic (exact) mass is 320 g/mol. The van der Waals surface area contributed by atoms with Crippen LogP contribution in [0.4, 0.5) is 0 Å². The van der Waals surface area contributed by atoms with Crippen molar-refractivity contribution in [3.8, 4) is 0 Å². The molecule has 0 radical (unpaired) electrons. The van der Waals surface area contributed by atoms with E-state index >= 15 is 0 Å². The van der Waals surface area contributed by atoms with Crippen LogP contribution in [0.2, 0.25) is 0 Å². The second-order valence-corrected chi connectivity index (χ2v) is 7.60. The quantitative estimate of drug-likeness (QED) is 0.639. The Kier molecular flexibility index (Phi) is 6.11. The minimum Gasteiger partial charge on any atom is -0.353 e. The Morgan fingerprint density at radius 3 is 2.62 bits per heavy atom. The van der Waals surface area contributed by atoms with Gasteiger partial charge in [-0.15, -0.1) is 0 Å². The van der Waals surface area contributed by atoms with E-state index in [9.17, 15) is 18.0 Å². The lowest BCUT2D eigenvalue weighted by Crippen LogP contribution is -2.59. The molecule has 1 heterocycles. The highest BCUT2D eigenvalue weighted by Gasteiger charge is 2.33. The number of carbonyl (C=O) groups is 2. The molecule has 0 aliphatic carbocycles. The smallest absolute Gasteiger partial charge is 0.279 e. The fourth-order valence-electron chi connectivity index (χ4n) is 2.08. The molecule has 0 bridgehead atoms. The first kappa shape index (κ1) is 17.9. The van der Waals surface area contributed by atoms with Gasteiger partial charge >= 0.3 is 0 Å². The molecule has 1 saturated heterocycles. The summed E-state index contributed by atoms with van der Waals surface area (Å²) in [5, 5.41) is 2.73. The summed E-state index contributed by atoms with van der Waals surface area (Å²) in [7, 11) is -0.895. The number of amides is 2. The summed E-state index contributed by atoms with van der Waals surface area (Å²) in [5.74, 6) is -0.313. The molecule has 9 heteroatoms. The van der Waals surface area contributed by atoms with Crippen LogP contribution >= 0.6 is 0 Å². The van der Waals surface area contributed by atoms with E-state index < -0.39 is 16.3 Å². The predicted molar refractivity (Wildman–Crippen MR) is 78.6 cm³/mol. The van der Waals surface area contributed by atoms with Crippen LogP contribution in [0.25, 0.3) is 0 Å². The SMILES string of the molecule is CC(C)CC1C(=O)NCCN1C(=O)CNS(=O)(=O)N(C)C. The van der Waals surface area contributed by atoms with Crippen molar-refractivity contribution in [2.45, 2.75) is 26.3 Å². The summed E-state index contributed by atoms with van der Waals surface area (Å²) in [6.45, 7) is 4.38. The molecule has 1 rings (SSSR count). The molecule has 0 aromatic heterocycles. The predicted octanol–water partition coefficient (Wildman–Crippen LogP) is -1.24. The summed E-state index contributed by atoms with van der Waals surface area (Å²) in [6.07, 6.45) is 0.554. The largest absolute Gasteiger partial charge is 0.353 e. The third-order valence-corrected chi connectivity index (χ3v) is 4.70. The average Bonchev–Trinajstić information content (AvgIpc) is 2.37. The Labute approximate surface area is 126 Å². The van der Waals surface area contributed by atoms with Crippen molar-refractivity contribution in [2.24, 2.45) is 5.92 Å². The van der Waals surface area contributed by atoms with Crippen molar-refractivity contribution in [1.29, 1.82) is 0 Å². The second kappa shape index (κ2) is 7.19. The van der Waals surface area contributed by atoms with Crippen molar-refractivity contribution < 1.29 is 18.0 Å². The van der Waals surface area contributed by atoms with Crippen LogP contribution in [0.5, 0.6) is 0 Å². The summed E-state index contributed by atoms with van der Waals surface area (Å²) in [5.41, 5.74) is 0. The van der Waals surface area contributed by atoms with E-state index in [1.165, 1.54) is 19.0 Å². The zero-order chi connectivity index (χ0) is 16.2. The molecular weight excluding hydrogens is 296 g/mol. The van der Waals surface area contributed by atoms with Gasteiger partial charge in [-0.2, -0.15) is 17.4 Å². The average molecular weight is 320 g/mol. The first-order valence-electron chi connectivity index (χ1n) is 6.89. The Bertz CT molecular complexity index is 489. The van der Waals surface area contributed by atoms with E-state index in [0.29, 0.717) is 19.5 Å². The number of hydrogen-bond acceptors (Lipinski definition) is 4. The Balaban J connectivity index is 2.72. The van der Waals surface area contributed by atoms with Gasteiger partial charge in [-0.25, -0.2) is 0 Å². The zero-order valence-electron chi connectivity index (χ0n) is 12.9. The minimum absolute atomic E-state index is 0.182. The summed E-state index contributed by atoms with van der Waals surface area (Å²) in [4.78, 5) is 25.6. The number of nitrogens with one attached hydrogen (secondary N) is 2. The molecule has 2 amide bonds. The molecule has 1 unspecified atom stereocenters. The Morgan fingerprint density at radius 2 is 2.10 bits per heavy atom. The normalized spacial score (nSPS) is 20.0. The van der Waals surface area contributed by atoms with E-state index in [2.05, 4.69) is 10.0 Å². The molecule has 0 saturated carbocycles. The maximum absolute atomic E-state index is 12.2. The maximum Gasteiger partial charge on any atom is 0.279 e. The molecule has 0 aromatic rings. The number of piperazine rings is 1. The van der Waals surface area contributed by atoms with Crippen molar-refractivity contribution in [3.63, 3.8) is 0 Å². The van der Waals surface area contributed by atoms with Gasteiger partial charge in [-0.1, -0.05) is 13.8 Å². The van der Waals surface area contributed by atoms with Gasteiger partial charge < -0.3 is 10.2 Å². The number of hydrogen-bond donors (Lipinski definition) is 2. The minimum atomic E-state index is -3.65. The fourth-order valence-corrected chi connectivity index (χ4v) is 2.64. The van der Waals surface area contributed by atoms with Crippen molar-refractivity contribution in [2.75, 3.05) is 33.7 Å². The summed E-state index contributed by atoms with van der Waals surface area (Å²) in [6, 6.07) is -0.532. The van der Waals surface area contributed by atoms with E-state index in [1.54, 1.807) is 0 Å². The van der Waals surface area contributed by atoms with Gasteiger partial charge in [0.2, 0.25) is 11.8 Å². The van der Waals surface area contributed by atoms with Crippen LogP contribution in [0.3, 0.4) is 0 Å². The maximum atomic E-state index is 12.2. The van der Waals surface area contributed by atoms with Gasteiger partial charge in [0.1, 0.15) is 6.04 Å². The van der Waals surface area contributed by atoms with E-state index in [1.807, 2.05) is 13.8 Å². The first-order valence-corrected chi connectivity index (χ1v) is 8.33. The first-order chi connectivity index (χ1) is 9.65. The molecule has 1 fully saturated rings. The zero-order valence-corrected chi connectivity index (χ0v) is 13.7. The lowest BCUT2D eigenvalue weighted by molar-refractivity contribution is -0.143. The number of rotatable bonds is 6. The molecule has 1 aliphatic heterocycles. The van der Waals surface area contributed by atoms with Crippen molar-refractivity contribution in [3.05, 3.63) is 0 Å². The number of carbonyl (C=O) groups excluding carboxylic acids is 2. The molecule has 122 valence electrons. The topological polar surface area (TPSA) is 98.8 Å². The molecule has 0 aromatic carbocycles. The second-order valence-electron chi connectivity index (χ2n) is 5.63. The van der Waals surface area contributed by atoms with Crippen LogP contribution < -0.4 is 10.0 Å². The highest BCUT2D eigenvalue weighted by atomic mass is 32.2. The van der Waals surface area contributed by atoms with Crippen LogP contribution in [0, 0.1) is 5.92 Å². The van der Waals surface area contributed by atoms with E-state index in [4.69, 9.17) is 0 Å². The third-order valence-electron chi connectivity index (χ3n) is 3.23. The molecule has 2 N–H and O–H groups in total. The standard InChI is InChI=1S/C12H24N4O4S/c1-9(2)7-10-12(18)13-5-6-16(10)11(17)8-14-21(19,20)15(3)4/h9-10,14H,5-8H2,1-4H3,(H,13,18). The Morgan fingerprint density at radius 1 is 1.48 bits per heavy atom. The van der Waals surface area contributed by atoms with E-state index in [-0.39, 0.29) is 24.3 Å². The van der Waals surface area contributed by atoms with Crippen LogP contribution in [-0.2, 0) is 19.8 Å².